The lowest BCUT2D eigenvalue weighted by molar-refractivity contribution is 0.0608. The number of nitrogens with one attached hydrogen (secondary N) is 1. The average molecular weight is 400 g/mol. The van der Waals surface area contributed by atoms with Gasteiger partial charge in [-0.15, -0.1) is 0 Å². The summed E-state index contributed by atoms with van der Waals surface area (Å²) in [5.41, 5.74) is 2.40. The molecule has 0 spiro atoms. The third-order valence-electron chi connectivity index (χ3n) is 5.25. The number of hydrogen-bond acceptors (Lipinski definition) is 6. The van der Waals surface area contributed by atoms with Crippen molar-refractivity contribution in [2.45, 2.75) is 38.3 Å². The van der Waals surface area contributed by atoms with Crippen molar-refractivity contribution in [2.75, 3.05) is 39.9 Å². The average Bonchev–Trinajstić information content (AvgIpc) is 2.77. The highest BCUT2D eigenvalue weighted by molar-refractivity contribution is 5.43. The van der Waals surface area contributed by atoms with Gasteiger partial charge in [-0.2, -0.15) is 0 Å². The molecule has 0 amide bonds. The first kappa shape index (κ1) is 21.6. The van der Waals surface area contributed by atoms with Gasteiger partial charge in [0.2, 0.25) is 0 Å². The van der Waals surface area contributed by atoms with E-state index in [1.54, 1.807) is 7.11 Å². The molecular formula is C23H33N3O3. The van der Waals surface area contributed by atoms with Gasteiger partial charge in [0.1, 0.15) is 12.7 Å². The first-order valence-electron chi connectivity index (χ1n) is 10.5. The van der Waals surface area contributed by atoms with Crippen LogP contribution in [0, 0.1) is 0 Å². The van der Waals surface area contributed by atoms with Crippen molar-refractivity contribution in [1.29, 1.82) is 0 Å². The van der Waals surface area contributed by atoms with Crippen LogP contribution >= 0.6 is 0 Å². The highest BCUT2D eigenvalue weighted by atomic mass is 16.5. The van der Waals surface area contributed by atoms with Gasteiger partial charge in [0.15, 0.2) is 11.5 Å². The summed E-state index contributed by atoms with van der Waals surface area (Å²) < 4.78 is 11.3. The van der Waals surface area contributed by atoms with Gasteiger partial charge in [0, 0.05) is 25.5 Å². The Labute approximate surface area is 173 Å². The highest BCUT2D eigenvalue weighted by Crippen LogP contribution is 2.28. The van der Waals surface area contributed by atoms with Crippen molar-refractivity contribution in [3.05, 3.63) is 53.9 Å². The van der Waals surface area contributed by atoms with Crippen LogP contribution in [0.3, 0.4) is 0 Å². The Kier molecular flexibility index (Phi) is 8.74. The van der Waals surface area contributed by atoms with Gasteiger partial charge in [-0.05, 0) is 74.3 Å². The number of aromatic nitrogens is 1. The van der Waals surface area contributed by atoms with E-state index < -0.39 is 6.10 Å². The van der Waals surface area contributed by atoms with Crippen LogP contribution < -0.4 is 14.8 Å². The van der Waals surface area contributed by atoms with Crippen molar-refractivity contribution < 1.29 is 14.6 Å². The van der Waals surface area contributed by atoms with Gasteiger partial charge in [-0.25, -0.2) is 0 Å². The van der Waals surface area contributed by atoms with Crippen molar-refractivity contribution in [3.8, 4) is 11.5 Å². The molecule has 6 heteroatoms. The van der Waals surface area contributed by atoms with E-state index in [2.05, 4.69) is 15.2 Å². The molecule has 2 N–H and O–H groups in total. The Hall–Kier alpha value is -2.15. The zero-order valence-electron chi connectivity index (χ0n) is 17.3. The predicted molar refractivity (Wildman–Crippen MR) is 114 cm³/mol. The number of ether oxygens (including phenoxy) is 2. The second kappa shape index (κ2) is 11.8. The quantitative estimate of drug-likeness (QED) is 0.567. The molecule has 1 atom stereocenters. The minimum Gasteiger partial charge on any atom is -0.493 e. The molecule has 1 saturated heterocycles. The molecule has 2 heterocycles. The fourth-order valence-corrected chi connectivity index (χ4v) is 3.64. The van der Waals surface area contributed by atoms with Gasteiger partial charge in [-0.1, -0.05) is 12.5 Å². The molecule has 1 aliphatic rings. The van der Waals surface area contributed by atoms with Crippen LogP contribution in [0.15, 0.2) is 42.7 Å². The maximum Gasteiger partial charge on any atom is 0.161 e. The predicted octanol–water partition coefficient (Wildman–Crippen LogP) is 2.65. The number of β-amino-alcohol motifs (C(OH)–C–C–N with tert-alkyl or cyclic N) is 1. The second-order valence-electron chi connectivity index (χ2n) is 7.59. The first-order chi connectivity index (χ1) is 14.2. The number of aliphatic hydroxyl groups excluding tert-OH is 1. The molecule has 6 nitrogen and oxygen atoms in total. The zero-order chi connectivity index (χ0) is 20.3. The standard InChI is InChI=1S/C23H33N3O3/c1-28-22-6-5-20(16-25-12-9-19-7-10-24-11-8-19)15-23(22)29-18-21(27)17-26-13-3-2-4-14-26/h5-8,10-11,15,21,25,27H,2-4,9,12-14,16-18H2,1H3/t21-/m0/s1. The number of hydrogen-bond donors (Lipinski definition) is 2. The van der Waals surface area contributed by atoms with Crippen LogP contribution in [-0.2, 0) is 13.0 Å². The zero-order valence-corrected chi connectivity index (χ0v) is 17.3. The molecule has 1 fully saturated rings. The van der Waals surface area contributed by atoms with Crippen LogP contribution in [0.2, 0.25) is 0 Å². The first-order valence-corrected chi connectivity index (χ1v) is 10.5. The molecule has 3 rings (SSSR count). The Morgan fingerprint density at radius 2 is 1.86 bits per heavy atom. The molecule has 1 aliphatic heterocycles. The normalized spacial score (nSPS) is 15.8. The van der Waals surface area contributed by atoms with Crippen molar-refractivity contribution >= 4 is 0 Å². The van der Waals surface area contributed by atoms with Gasteiger partial charge in [0.05, 0.1) is 7.11 Å². The lowest BCUT2D eigenvalue weighted by Crippen LogP contribution is -2.38. The number of piperidine rings is 1. The van der Waals surface area contributed by atoms with Gasteiger partial charge in [-0.3, -0.25) is 4.98 Å². The maximum atomic E-state index is 10.4. The summed E-state index contributed by atoms with van der Waals surface area (Å²) in [5, 5.41) is 13.8. The summed E-state index contributed by atoms with van der Waals surface area (Å²) in [5.74, 6) is 1.37. The van der Waals surface area contributed by atoms with E-state index in [0.29, 0.717) is 18.0 Å². The van der Waals surface area contributed by atoms with Gasteiger partial charge < -0.3 is 24.8 Å². The fraction of sp³-hybridized carbons (Fsp3) is 0.522. The minimum atomic E-state index is -0.500. The summed E-state index contributed by atoms with van der Waals surface area (Å²) in [6.07, 6.45) is 7.84. The molecule has 1 aromatic carbocycles. The second-order valence-corrected chi connectivity index (χ2v) is 7.59. The number of methoxy groups -OCH3 is 1. The van der Waals surface area contributed by atoms with Crippen molar-refractivity contribution in [1.82, 2.24) is 15.2 Å². The number of likely N-dealkylation sites (tertiary alicyclic amines) is 1. The summed E-state index contributed by atoms with van der Waals surface area (Å²) in [7, 11) is 1.64. The molecular weight excluding hydrogens is 366 g/mol. The largest absolute Gasteiger partial charge is 0.493 e. The summed E-state index contributed by atoms with van der Waals surface area (Å²) >= 11 is 0. The number of rotatable bonds is 11. The smallest absolute Gasteiger partial charge is 0.161 e. The Bertz CT molecular complexity index is 721. The van der Waals surface area contributed by atoms with Gasteiger partial charge >= 0.3 is 0 Å². The van der Waals surface area contributed by atoms with Crippen molar-refractivity contribution in [2.24, 2.45) is 0 Å². The van der Waals surface area contributed by atoms with E-state index in [4.69, 9.17) is 9.47 Å². The maximum absolute atomic E-state index is 10.4. The van der Waals surface area contributed by atoms with Crippen LogP contribution in [0.5, 0.6) is 11.5 Å². The van der Waals surface area contributed by atoms with E-state index in [-0.39, 0.29) is 6.61 Å². The molecule has 29 heavy (non-hydrogen) atoms. The summed E-state index contributed by atoms with van der Waals surface area (Å²) in [4.78, 5) is 6.36. The Morgan fingerprint density at radius 1 is 1.07 bits per heavy atom. The summed E-state index contributed by atoms with van der Waals surface area (Å²) in [6.45, 7) is 4.72. The van der Waals surface area contributed by atoms with Crippen molar-refractivity contribution in [3.63, 3.8) is 0 Å². The van der Waals surface area contributed by atoms with E-state index in [0.717, 1.165) is 38.2 Å². The number of aliphatic hydroxyl groups is 1. The van der Waals surface area contributed by atoms with Crippen LogP contribution in [-0.4, -0.2) is 61.0 Å². The molecule has 0 saturated carbocycles. The van der Waals surface area contributed by atoms with Crippen LogP contribution in [0.25, 0.3) is 0 Å². The minimum absolute atomic E-state index is 0.270. The Morgan fingerprint density at radius 3 is 2.62 bits per heavy atom. The SMILES string of the molecule is COc1ccc(CNCCc2ccncc2)cc1OC[C@@H](O)CN1CCCCC1. The molecule has 0 bridgehead atoms. The third-order valence-corrected chi connectivity index (χ3v) is 5.25. The number of pyridine rings is 1. The summed E-state index contributed by atoms with van der Waals surface area (Å²) in [6, 6.07) is 10.0. The van der Waals surface area contributed by atoms with Crippen LogP contribution in [0.4, 0.5) is 0 Å². The Balaban J connectivity index is 1.46. The molecule has 0 radical (unpaired) electrons. The topological polar surface area (TPSA) is 66.8 Å². The number of benzene rings is 1. The van der Waals surface area contributed by atoms with Gasteiger partial charge in [0.25, 0.3) is 0 Å². The van der Waals surface area contributed by atoms with E-state index in [1.807, 2.05) is 42.7 Å². The fourth-order valence-electron chi connectivity index (χ4n) is 3.64. The third kappa shape index (κ3) is 7.31. The molecule has 2 aromatic rings. The van der Waals surface area contributed by atoms with E-state index in [1.165, 1.54) is 24.8 Å². The lowest BCUT2D eigenvalue weighted by atomic mass is 10.1. The van der Waals surface area contributed by atoms with E-state index >= 15 is 0 Å². The highest BCUT2D eigenvalue weighted by Gasteiger charge is 2.16. The van der Waals surface area contributed by atoms with Crippen LogP contribution in [0.1, 0.15) is 30.4 Å². The monoisotopic (exact) mass is 399 g/mol. The molecule has 1 aromatic heterocycles. The molecule has 158 valence electrons. The molecule has 0 unspecified atom stereocenters. The number of nitrogens with zero attached hydrogens (tertiary/aromatic N) is 2. The lowest BCUT2D eigenvalue weighted by Gasteiger charge is -2.28. The van der Waals surface area contributed by atoms with E-state index in [9.17, 15) is 5.11 Å². The molecule has 0 aliphatic carbocycles.